The van der Waals surface area contributed by atoms with Crippen molar-refractivity contribution in [2.24, 2.45) is 0 Å². The number of rotatable bonds is 1. The van der Waals surface area contributed by atoms with Crippen molar-refractivity contribution in [1.29, 1.82) is 0 Å². The molecule has 1 aliphatic heterocycles. The number of allylic oxidation sites excluding steroid dienone is 2. The van der Waals surface area contributed by atoms with Crippen molar-refractivity contribution >= 4 is 35.6 Å². The summed E-state index contributed by atoms with van der Waals surface area (Å²) < 4.78 is 5.81. The predicted octanol–water partition coefficient (Wildman–Crippen LogP) is 4.41. The molecule has 3 rings (SSSR count). The molecule has 0 bridgehead atoms. The summed E-state index contributed by atoms with van der Waals surface area (Å²) in [7, 11) is 0. The molecule has 1 aromatic rings. The van der Waals surface area contributed by atoms with E-state index in [2.05, 4.69) is 0 Å². The van der Waals surface area contributed by atoms with Crippen molar-refractivity contribution in [2.75, 3.05) is 0 Å². The van der Waals surface area contributed by atoms with E-state index in [1.807, 2.05) is 6.08 Å². The van der Waals surface area contributed by atoms with Gasteiger partial charge in [0.05, 0.1) is 10.0 Å². The zero-order valence-corrected chi connectivity index (χ0v) is 11.0. The summed E-state index contributed by atoms with van der Waals surface area (Å²) in [6, 6.07) is 3.48. The minimum atomic E-state index is 0.499. The van der Waals surface area contributed by atoms with Gasteiger partial charge in [-0.3, -0.25) is 4.79 Å². The molecular formula is C14H10Cl2O2. The Kier molecular flexibility index (Phi) is 2.92. The number of halogens is 2. The van der Waals surface area contributed by atoms with Crippen LogP contribution in [0.2, 0.25) is 10.0 Å². The van der Waals surface area contributed by atoms with Gasteiger partial charge in [0, 0.05) is 11.1 Å². The smallest absolute Gasteiger partial charge is 0.149 e. The predicted molar refractivity (Wildman–Crippen MR) is 72.0 cm³/mol. The molecule has 4 heteroatoms. The normalized spacial score (nSPS) is 17.6. The lowest BCUT2D eigenvalue weighted by Gasteiger charge is -2.26. The van der Waals surface area contributed by atoms with Gasteiger partial charge in [-0.05, 0) is 43.0 Å². The van der Waals surface area contributed by atoms with E-state index >= 15 is 0 Å². The number of ether oxygens (including phenoxy) is 1. The molecule has 18 heavy (non-hydrogen) atoms. The fraction of sp³-hybridized carbons (Fsp3) is 0.214. The molecule has 2 aliphatic rings. The van der Waals surface area contributed by atoms with Crippen LogP contribution in [0.25, 0.3) is 6.08 Å². The van der Waals surface area contributed by atoms with Crippen molar-refractivity contribution in [1.82, 2.24) is 0 Å². The fourth-order valence-corrected chi connectivity index (χ4v) is 2.72. The van der Waals surface area contributed by atoms with Crippen molar-refractivity contribution in [3.63, 3.8) is 0 Å². The van der Waals surface area contributed by atoms with Gasteiger partial charge in [0.25, 0.3) is 0 Å². The maximum Gasteiger partial charge on any atom is 0.149 e. The highest BCUT2D eigenvalue weighted by atomic mass is 35.5. The van der Waals surface area contributed by atoms with Crippen LogP contribution in [0.1, 0.15) is 24.8 Å². The Morgan fingerprint density at radius 3 is 2.83 bits per heavy atom. The standard InChI is InChI=1S/C14H10Cl2O2/c15-11-4-5-12-10(13(11)16)6-8-2-1-3-9(7-17)14(8)18-12/h4-7H,1-3H2. The molecule has 0 unspecified atom stereocenters. The zero-order chi connectivity index (χ0) is 12.7. The minimum absolute atomic E-state index is 0.499. The highest BCUT2D eigenvalue weighted by molar-refractivity contribution is 6.43. The van der Waals surface area contributed by atoms with E-state index in [1.54, 1.807) is 12.1 Å². The van der Waals surface area contributed by atoms with Crippen molar-refractivity contribution in [3.8, 4) is 5.75 Å². The van der Waals surface area contributed by atoms with Gasteiger partial charge in [0.1, 0.15) is 17.8 Å². The van der Waals surface area contributed by atoms with E-state index in [-0.39, 0.29) is 0 Å². The molecule has 0 fully saturated rings. The number of carbonyl (C=O) groups is 1. The van der Waals surface area contributed by atoms with Gasteiger partial charge < -0.3 is 4.74 Å². The average Bonchev–Trinajstić information content (AvgIpc) is 2.41. The van der Waals surface area contributed by atoms with E-state index < -0.39 is 0 Å². The monoisotopic (exact) mass is 280 g/mol. The zero-order valence-electron chi connectivity index (χ0n) is 9.50. The van der Waals surface area contributed by atoms with Gasteiger partial charge in [-0.1, -0.05) is 23.2 Å². The lowest BCUT2D eigenvalue weighted by Crippen LogP contribution is -2.13. The minimum Gasteiger partial charge on any atom is -0.456 e. The van der Waals surface area contributed by atoms with E-state index in [0.717, 1.165) is 42.3 Å². The molecule has 0 aromatic heterocycles. The Bertz CT molecular complexity index is 600. The SMILES string of the molecule is O=CC1=C2Oc3ccc(Cl)c(Cl)c3C=C2CCC1. The summed E-state index contributed by atoms with van der Waals surface area (Å²) in [4.78, 5) is 11.0. The van der Waals surface area contributed by atoms with Gasteiger partial charge in [-0.25, -0.2) is 0 Å². The number of hydrogen-bond donors (Lipinski definition) is 0. The molecule has 0 N–H and O–H groups in total. The van der Waals surface area contributed by atoms with E-state index in [0.29, 0.717) is 21.6 Å². The quantitative estimate of drug-likeness (QED) is 0.713. The van der Waals surface area contributed by atoms with Gasteiger partial charge >= 0.3 is 0 Å². The van der Waals surface area contributed by atoms with Crippen molar-refractivity contribution in [3.05, 3.63) is 44.6 Å². The largest absolute Gasteiger partial charge is 0.456 e. The van der Waals surface area contributed by atoms with Crippen LogP contribution in [-0.4, -0.2) is 6.29 Å². The van der Waals surface area contributed by atoms with Crippen LogP contribution in [-0.2, 0) is 4.79 Å². The third-order valence-electron chi connectivity index (χ3n) is 3.24. The topological polar surface area (TPSA) is 26.3 Å². The summed E-state index contributed by atoms with van der Waals surface area (Å²) in [5, 5.41) is 1.01. The fourth-order valence-electron chi connectivity index (χ4n) is 2.34. The number of carbonyl (C=O) groups excluding carboxylic acids is 1. The van der Waals surface area contributed by atoms with Crippen molar-refractivity contribution < 1.29 is 9.53 Å². The highest BCUT2D eigenvalue weighted by Crippen LogP contribution is 2.43. The molecule has 92 valence electrons. The summed E-state index contributed by atoms with van der Waals surface area (Å²) >= 11 is 12.2. The van der Waals surface area contributed by atoms with Crippen molar-refractivity contribution in [2.45, 2.75) is 19.3 Å². The second-order valence-electron chi connectivity index (χ2n) is 4.37. The first-order valence-electron chi connectivity index (χ1n) is 5.76. The van der Waals surface area contributed by atoms with Crippen LogP contribution >= 0.6 is 23.2 Å². The Balaban J connectivity index is 2.20. The van der Waals surface area contributed by atoms with E-state index in [4.69, 9.17) is 27.9 Å². The molecule has 0 radical (unpaired) electrons. The summed E-state index contributed by atoms with van der Waals surface area (Å²) in [5.41, 5.74) is 2.55. The van der Waals surface area contributed by atoms with Crippen LogP contribution in [0.3, 0.4) is 0 Å². The van der Waals surface area contributed by atoms with Crippen LogP contribution < -0.4 is 4.74 Å². The Morgan fingerprint density at radius 1 is 1.22 bits per heavy atom. The highest BCUT2D eigenvalue weighted by Gasteiger charge is 2.25. The maximum atomic E-state index is 11.0. The van der Waals surface area contributed by atoms with Gasteiger partial charge in [-0.15, -0.1) is 0 Å². The lowest BCUT2D eigenvalue weighted by atomic mass is 9.91. The molecular weight excluding hydrogens is 271 g/mol. The third-order valence-corrected chi connectivity index (χ3v) is 4.06. The first kappa shape index (κ1) is 11.8. The Morgan fingerprint density at radius 2 is 2.06 bits per heavy atom. The first-order valence-corrected chi connectivity index (χ1v) is 6.51. The molecule has 2 nitrogen and oxygen atoms in total. The molecule has 1 aliphatic carbocycles. The maximum absolute atomic E-state index is 11.0. The second-order valence-corrected chi connectivity index (χ2v) is 5.16. The lowest BCUT2D eigenvalue weighted by molar-refractivity contribution is -0.105. The number of aldehydes is 1. The van der Waals surface area contributed by atoms with Gasteiger partial charge in [0.2, 0.25) is 0 Å². The summed E-state index contributed by atoms with van der Waals surface area (Å²) in [6.07, 6.45) is 5.48. The molecule has 0 atom stereocenters. The van der Waals surface area contributed by atoms with Gasteiger partial charge in [-0.2, -0.15) is 0 Å². The van der Waals surface area contributed by atoms with Crippen LogP contribution in [0.5, 0.6) is 5.75 Å². The summed E-state index contributed by atoms with van der Waals surface area (Å²) in [5.74, 6) is 1.35. The number of hydrogen-bond acceptors (Lipinski definition) is 2. The molecule has 0 amide bonds. The summed E-state index contributed by atoms with van der Waals surface area (Å²) in [6.45, 7) is 0. The number of benzene rings is 1. The molecule has 1 aromatic carbocycles. The van der Waals surface area contributed by atoms with Crippen LogP contribution in [0, 0.1) is 0 Å². The Hall–Kier alpha value is -1.25. The molecule has 0 saturated heterocycles. The molecule has 1 heterocycles. The Labute approximate surface area is 115 Å². The average molecular weight is 281 g/mol. The third kappa shape index (κ3) is 1.76. The van der Waals surface area contributed by atoms with E-state index in [9.17, 15) is 4.79 Å². The van der Waals surface area contributed by atoms with E-state index in [1.165, 1.54) is 0 Å². The van der Waals surface area contributed by atoms with Crippen LogP contribution in [0.15, 0.2) is 29.0 Å². The van der Waals surface area contributed by atoms with Gasteiger partial charge in [0.15, 0.2) is 0 Å². The second kappa shape index (κ2) is 4.45. The molecule has 0 spiro atoms. The number of fused-ring (bicyclic) bond motifs is 2. The first-order chi connectivity index (χ1) is 8.70. The van der Waals surface area contributed by atoms with Crippen LogP contribution in [0.4, 0.5) is 0 Å². The molecule has 0 saturated carbocycles.